The van der Waals surface area contributed by atoms with Crippen molar-refractivity contribution in [3.8, 4) is 0 Å². The third-order valence-electron chi connectivity index (χ3n) is 14.7. The molecule has 0 aliphatic heterocycles. The van der Waals surface area contributed by atoms with Crippen molar-refractivity contribution in [1.82, 2.24) is 0 Å². The molecule has 446 valence electrons. The van der Waals surface area contributed by atoms with Crippen LogP contribution in [0.2, 0.25) is 0 Å². The summed E-state index contributed by atoms with van der Waals surface area (Å²) >= 11 is 0. The molecular weight excluding hydrogens is 949 g/mol. The highest BCUT2D eigenvalue weighted by molar-refractivity contribution is 5.71. The van der Waals surface area contributed by atoms with Crippen LogP contribution >= 0.6 is 0 Å². The van der Waals surface area contributed by atoms with E-state index < -0.39 is 6.10 Å². The second-order valence-corrected chi connectivity index (χ2v) is 22.3. The van der Waals surface area contributed by atoms with Gasteiger partial charge in [-0.25, -0.2) is 0 Å². The van der Waals surface area contributed by atoms with E-state index >= 15 is 0 Å². The van der Waals surface area contributed by atoms with Gasteiger partial charge in [0.25, 0.3) is 0 Å². The number of carbonyl (C=O) groups excluding carboxylic acids is 3. The molecule has 0 N–H and O–H groups in total. The molecule has 0 aromatic heterocycles. The summed E-state index contributed by atoms with van der Waals surface area (Å²) in [6.45, 7) is 6.56. The molecule has 0 aromatic rings. The normalized spacial score (nSPS) is 12.5. The lowest BCUT2D eigenvalue weighted by molar-refractivity contribution is -0.167. The number of carbonyl (C=O) groups is 3. The molecule has 0 aliphatic rings. The van der Waals surface area contributed by atoms with Crippen molar-refractivity contribution in [3.63, 3.8) is 0 Å². The number of rotatable bonds is 61. The number of ether oxygens (including phenoxy) is 3. The van der Waals surface area contributed by atoms with Gasteiger partial charge in [0.15, 0.2) is 6.10 Å². The van der Waals surface area contributed by atoms with Gasteiger partial charge in [0, 0.05) is 19.3 Å². The summed E-state index contributed by atoms with van der Waals surface area (Å²) < 4.78 is 17.0. The lowest BCUT2D eigenvalue weighted by atomic mass is 10.0. The Kier molecular flexibility index (Phi) is 62.7. The zero-order valence-electron chi connectivity index (χ0n) is 51.2. The van der Waals surface area contributed by atoms with Gasteiger partial charge in [-0.05, 0) is 109 Å². The van der Waals surface area contributed by atoms with Crippen LogP contribution in [-0.2, 0) is 28.6 Å². The maximum Gasteiger partial charge on any atom is 0.306 e. The van der Waals surface area contributed by atoms with Crippen molar-refractivity contribution in [1.29, 1.82) is 0 Å². The average molecular weight is 1080 g/mol. The van der Waals surface area contributed by atoms with Crippen molar-refractivity contribution in [2.24, 2.45) is 0 Å². The molecule has 0 saturated heterocycles. The van der Waals surface area contributed by atoms with Gasteiger partial charge < -0.3 is 14.2 Å². The Hall–Kier alpha value is -3.15. The minimum atomic E-state index is -0.781. The number of allylic oxidation sites excluding steroid dienone is 12. The number of esters is 3. The van der Waals surface area contributed by atoms with Crippen LogP contribution in [-0.4, -0.2) is 37.2 Å². The molecule has 0 heterocycles. The molecule has 6 nitrogen and oxygen atoms in total. The van der Waals surface area contributed by atoms with E-state index in [-0.39, 0.29) is 31.1 Å². The largest absolute Gasteiger partial charge is 0.462 e. The third-order valence-corrected chi connectivity index (χ3v) is 14.7. The SMILES string of the molecule is CC/C=C\C/C=C\C/C=C\C/C=C\CCCCCCCCCCCCCCC(=O)OCC(COC(=O)CCCCCCCCC/C=C\CCCCCCCC)OC(=O)CCCCCCCCC/C=C\CCCCCCCC. The minimum absolute atomic E-state index is 0.0771. The molecule has 0 aromatic carbocycles. The highest BCUT2D eigenvalue weighted by atomic mass is 16.6. The van der Waals surface area contributed by atoms with E-state index in [0.717, 1.165) is 83.5 Å². The van der Waals surface area contributed by atoms with E-state index in [4.69, 9.17) is 14.2 Å². The summed E-state index contributed by atoms with van der Waals surface area (Å²) in [4.78, 5) is 38.4. The molecule has 0 radical (unpaired) electrons. The summed E-state index contributed by atoms with van der Waals surface area (Å²) in [5, 5.41) is 0. The van der Waals surface area contributed by atoms with Gasteiger partial charge in [0.2, 0.25) is 0 Å². The average Bonchev–Trinajstić information content (AvgIpc) is 3.43. The molecule has 0 amide bonds. The van der Waals surface area contributed by atoms with Crippen LogP contribution in [0.5, 0.6) is 0 Å². The summed E-state index contributed by atoms with van der Waals surface area (Å²) in [6.07, 6.45) is 84.8. The Morgan fingerprint density at radius 3 is 0.805 bits per heavy atom. The molecule has 6 heteroatoms. The van der Waals surface area contributed by atoms with E-state index in [1.807, 2.05) is 0 Å². The molecule has 0 spiro atoms. The van der Waals surface area contributed by atoms with E-state index in [9.17, 15) is 14.4 Å². The highest BCUT2D eigenvalue weighted by Gasteiger charge is 2.19. The van der Waals surface area contributed by atoms with Crippen LogP contribution in [0.15, 0.2) is 72.9 Å². The Labute approximate surface area is 478 Å². The summed E-state index contributed by atoms with van der Waals surface area (Å²) in [5.41, 5.74) is 0. The van der Waals surface area contributed by atoms with Crippen LogP contribution in [0, 0.1) is 0 Å². The summed E-state index contributed by atoms with van der Waals surface area (Å²) in [5.74, 6) is -0.869. The van der Waals surface area contributed by atoms with Gasteiger partial charge in [-0.15, -0.1) is 0 Å². The van der Waals surface area contributed by atoms with Gasteiger partial charge in [-0.3, -0.25) is 14.4 Å². The predicted octanol–water partition coefficient (Wildman–Crippen LogP) is 22.9. The van der Waals surface area contributed by atoms with Gasteiger partial charge in [-0.2, -0.15) is 0 Å². The van der Waals surface area contributed by atoms with Crippen LogP contribution in [0.4, 0.5) is 0 Å². The van der Waals surface area contributed by atoms with Gasteiger partial charge >= 0.3 is 17.9 Å². The van der Waals surface area contributed by atoms with Gasteiger partial charge in [-0.1, -0.05) is 286 Å². The number of hydrogen-bond acceptors (Lipinski definition) is 6. The first-order chi connectivity index (χ1) is 38.0. The molecule has 0 fully saturated rings. The molecule has 1 unspecified atom stereocenters. The molecule has 1 atom stereocenters. The lowest BCUT2D eigenvalue weighted by Crippen LogP contribution is -2.30. The van der Waals surface area contributed by atoms with Gasteiger partial charge in [0.1, 0.15) is 13.2 Å². The first-order valence-corrected chi connectivity index (χ1v) is 33.4. The molecule has 77 heavy (non-hydrogen) atoms. The first kappa shape index (κ1) is 73.8. The first-order valence-electron chi connectivity index (χ1n) is 33.4. The van der Waals surface area contributed by atoms with Crippen LogP contribution in [0.1, 0.15) is 342 Å². The monoisotopic (exact) mass is 1070 g/mol. The van der Waals surface area contributed by atoms with Crippen molar-refractivity contribution in [2.45, 2.75) is 348 Å². The van der Waals surface area contributed by atoms with E-state index in [2.05, 4.69) is 93.7 Å². The fourth-order valence-electron chi connectivity index (χ4n) is 9.66. The zero-order chi connectivity index (χ0) is 55.7. The quantitative estimate of drug-likeness (QED) is 0.0261. The molecule has 0 saturated carbocycles. The molecular formula is C71H126O6. The number of hydrogen-bond donors (Lipinski definition) is 0. The number of unbranched alkanes of at least 4 members (excludes halogenated alkanes) is 38. The second kappa shape index (κ2) is 65.4. The van der Waals surface area contributed by atoms with Crippen molar-refractivity contribution in [3.05, 3.63) is 72.9 Å². The van der Waals surface area contributed by atoms with E-state index in [1.54, 1.807) is 0 Å². The maximum atomic E-state index is 12.9. The fraction of sp³-hybridized carbons (Fsp3) is 0.789. The Bertz CT molecular complexity index is 1420. The third kappa shape index (κ3) is 63.6. The second-order valence-electron chi connectivity index (χ2n) is 22.3. The fourth-order valence-corrected chi connectivity index (χ4v) is 9.66. The van der Waals surface area contributed by atoms with Gasteiger partial charge in [0.05, 0.1) is 0 Å². The van der Waals surface area contributed by atoms with Crippen LogP contribution in [0.25, 0.3) is 0 Å². The molecule has 0 aliphatic carbocycles. The zero-order valence-corrected chi connectivity index (χ0v) is 51.2. The Morgan fingerprint density at radius 1 is 0.273 bits per heavy atom. The highest BCUT2D eigenvalue weighted by Crippen LogP contribution is 2.17. The summed E-state index contributed by atoms with van der Waals surface area (Å²) in [6, 6.07) is 0. The molecule has 0 bridgehead atoms. The summed E-state index contributed by atoms with van der Waals surface area (Å²) in [7, 11) is 0. The van der Waals surface area contributed by atoms with E-state index in [0.29, 0.717) is 19.3 Å². The van der Waals surface area contributed by atoms with Crippen molar-refractivity contribution >= 4 is 17.9 Å². The van der Waals surface area contributed by atoms with Crippen LogP contribution < -0.4 is 0 Å². The standard InChI is InChI=1S/C71H126O6/c1-4-7-10-13-16-19-22-25-28-31-32-33-34-35-36-37-38-41-43-46-49-52-55-58-61-64-70(73)76-67-68(77-71(74)65-62-59-56-53-50-47-44-40-30-27-24-21-18-15-12-9-6-3)66-75-69(72)63-60-57-54-51-48-45-42-39-29-26-23-20-17-14-11-8-5-2/h7,10,16,19,25-30,32-33,68H,4-6,8-9,11-15,17-18,20-24,31,34-67H2,1-3H3/b10-7-,19-16-,28-25-,29-26-,30-27-,33-32-. The van der Waals surface area contributed by atoms with Crippen molar-refractivity contribution < 1.29 is 28.6 Å². The Balaban J connectivity index is 4.32. The smallest absolute Gasteiger partial charge is 0.306 e. The minimum Gasteiger partial charge on any atom is -0.462 e. The predicted molar refractivity (Wildman–Crippen MR) is 335 cm³/mol. The lowest BCUT2D eigenvalue weighted by Gasteiger charge is -2.18. The molecule has 0 rings (SSSR count). The van der Waals surface area contributed by atoms with E-state index in [1.165, 1.54) is 218 Å². The van der Waals surface area contributed by atoms with Crippen LogP contribution in [0.3, 0.4) is 0 Å². The topological polar surface area (TPSA) is 78.9 Å². The van der Waals surface area contributed by atoms with Crippen molar-refractivity contribution in [2.75, 3.05) is 13.2 Å². The maximum absolute atomic E-state index is 12.9. The Morgan fingerprint density at radius 2 is 0.506 bits per heavy atom.